The fourth-order valence-electron chi connectivity index (χ4n) is 2.67. The van der Waals surface area contributed by atoms with Gasteiger partial charge in [-0.3, -0.25) is 4.79 Å². The number of aromatic nitrogens is 1. The van der Waals surface area contributed by atoms with Crippen LogP contribution < -0.4 is 4.74 Å². The van der Waals surface area contributed by atoms with Gasteiger partial charge in [0.15, 0.2) is 5.76 Å². The van der Waals surface area contributed by atoms with E-state index in [-0.39, 0.29) is 24.6 Å². The van der Waals surface area contributed by atoms with Gasteiger partial charge in [-0.05, 0) is 43.5 Å². The zero-order chi connectivity index (χ0) is 15.1. The summed E-state index contributed by atoms with van der Waals surface area (Å²) in [6, 6.07) is 7.81. The Labute approximate surface area is 128 Å². The second kappa shape index (κ2) is 5.16. The minimum atomic E-state index is -0.131. The lowest BCUT2D eigenvalue weighted by Crippen LogP contribution is -2.06. The molecule has 0 N–H and O–H groups in total. The Balaban J connectivity index is 1.47. The van der Waals surface area contributed by atoms with Crippen molar-refractivity contribution in [1.82, 2.24) is 5.16 Å². The number of rotatable bonds is 4. The minimum Gasteiger partial charge on any atom is -0.490 e. The van der Waals surface area contributed by atoms with E-state index in [0.717, 1.165) is 30.6 Å². The SMILES string of the molecule is CC1Cc2cc(-c3cc(COC(=O)C4CC4)no3)ccc2O1. The Morgan fingerprint density at radius 2 is 2.23 bits per heavy atom. The smallest absolute Gasteiger partial charge is 0.309 e. The van der Waals surface area contributed by atoms with Crippen LogP contribution in [-0.2, 0) is 22.6 Å². The Bertz CT molecular complexity index is 717. The van der Waals surface area contributed by atoms with Gasteiger partial charge in [0.2, 0.25) is 0 Å². The maximum absolute atomic E-state index is 11.5. The lowest BCUT2D eigenvalue weighted by molar-refractivity contribution is -0.146. The summed E-state index contributed by atoms with van der Waals surface area (Å²) in [5, 5.41) is 3.97. The minimum absolute atomic E-state index is 0.102. The van der Waals surface area contributed by atoms with E-state index in [4.69, 9.17) is 14.0 Å². The van der Waals surface area contributed by atoms with Crippen LogP contribution in [0.25, 0.3) is 11.3 Å². The van der Waals surface area contributed by atoms with Crippen molar-refractivity contribution in [2.75, 3.05) is 0 Å². The molecule has 1 aromatic heterocycles. The van der Waals surface area contributed by atoms with Gasteiger partial charge in [0.25, 0.3) is 0 Å². The highest BCUT2D eigenvalue weighted by Crippen LogP contribution is 2.33. The highest BCUT2D eigenvalue weighted by Gasteiger charge is 2.31. The molecule has 1 aromatic carbocycles. The van der Waals surface area contributed by atoms with Crippen LogP contribution in [0.15, 0.2) is 28.8 Å². The van der Waals surface area contributed by atoms with E-state index in [0.29, 0.717) is 11.5 Å². The third-order valence-electron chi connectivity index (χ3n) is 4.01. The standard InChI is InChI=1S/C17H17NO4/c1-10-6-13-7-12(4-5-15(13)21-10)16-8-14(18-22-16)9-20-17(19)11-2-3-11/h4-5,7-8,10-11H,2-3,6,9H2,1H3. The molecular weight excluding hydrogens is 282 g/mol. The van der Waals surface area contributed by atoms with Crippen molar-refractivity contribution >= 4 is 5.97 Å². The van der Waals surface area contributed by atoms with E-state index in [1.54, 1.807) is 0 Å². The molecule has 5 heteroatoms. The summed E-state index contributed by atoms with van der Waals surface area (Å²) in [4.78, 5) is 11.5. The summed E-state index contributed by atoms with van der Waals surface area (Å²) in [6.07, 6.45) is 3.01. The molecule has 4 rings (SSSR count). The maximum Gasteiger partial charge on any atom is 0.309 e. The summed E-state index contributed by atoms with van der Waals surface area (Å²) in [7, 11) is 0. The van der Waals surface area contributed by atoms with Gasteiger partial charge in [-0.25, -0.2) is 0 Å². The van der Waals surface area contributed by atoms with Gasteiger partial charge in [0.05, 0.1) is 5.92 Å². The Kier molecular flexibility index (Phi) is 3.13. The van der Waals surface area contributed by atoms with Crippen LogP contribution in [-0.4, -0.2) is 17.2 Å². The molecule has 0 saturated heterocycles. The fraction of sp³-hybridized carbons (Fsp3) is 0.412. The Morgan fingerprint density at radius 1 is 1.36 bits per heavy atom. The molecule has 2 aromatic rings. The zero-order valence-corrected chi connectivity index (χ0v) is 12.4. The molecular formula is C17H17NO4. The lowest BCUT2D eigenvalue weighted by Gasteiger charge is -2.02. The molecule has 0 amide bonds. The summed E-state index contributed by atoms with van der Waals surface area (Å²) in [6.45, 7) is 2.23. The molecule has 1 saturated carbocycles. The van der Waals surface area contributed by atoms with Crippen LogP contribution >= 0.6 is 0 Å². The van der Waals surface area contributed by atoms with Crippen molar-refractivity contribution in [3.63, 3.8) is 0 Å². The number of esters is 1. The number of nitrogens with zero attached hydrogens (tertiary/aromatic N) is 1. The average molecular weight is 299 g/mol. The van der Waals surface area contributed by atoms with E-state index >= 15 is 0 Å². The van der Waals surface area contributed by atoms with Crippen molar-refractivity contribution in [2.24, 2.45) is 5.92 Å². The van der Waals surface area contributed by atoms with Gasteiger partial charge in [-0.2, -0.15) is 0 Å². The lowest BCUT2D eigenvalue weighted by atomic mass is 10.1. The molecule has 1 aliphatic carbocycles. The first kappa shape index (κ1) is 13.4. The first-order valence-electron chi connectivity index (χ1n) is 7.61. The maximum atomic E-state index is 11.5. The van der Waals surface area contributed by atoms with E-state index in [1.807, 2.05) is 18.2 Å². The molecule has 0 radical (unpaired) electrons. The van der Waals surface area contributed by atoms with Crippen LogP contribution in [0.4, 0.5) is 0 Å². The quantitative estimate of drug-likeness (QED) is 0.812. The van der Waals surface area contributed by atoms with Crippen molar-refractivity contribution in [2.45, 2.75) is 38.9 Å². The number of benzene rings is 1. The fourth-order valence-corrected chi connectivity index (χ4v) is 2.67. The zero-order valence-electron chi connectivity index (χ0n) is 12.4. The molecule has 22 heavy (non-hydrogen) atoms. The normalized spacial score (nSPS) is 19.6. The van der Waals surface area contributed by atoms with Crippen molar-refractivity contribution < 1.29 is 18.8 Å². The molecule has 1 atom stereocenters. The van der Waals surface area contributed by atoms with Crippen molar-refractivity contribution in [3.8, 4) is 17.1 Å². The molecule has 1 fully saturated rings. The van der Waals surface area contributed by atoms with Crippen LogP contribution in [0.3, 0.4) is 0 Å². The largest absolute Gasteiger partial charge is 0.490 e. The monoisotopic (exact) mass is 299 g/mol. The number of carbonyl (C=O) groups is 1. The summed E-state index contributed by atoms with van der Waals surface area (Å²) in [5.41, 5.74) is 2.78. The van der Waals surface area contributed by atoms with Crippen LogP contribution in [0.5, 0.6) is 5.75 Å². The predicted molar refractivity (Wildman–Crippen MR) is 78.3 cm³/mol. The van der Waals surface area contributed by atoms with Crippen molar-refractivity contribution in [3.05, 3.63) is 35.5 Å². The van der Waals surface area contributed by atoms with Crippen LogP contribution in [0.1, 0.15) is 31.0 Å². The van der Waals surface area contributed by atoms with E-state index < -0.39 is 0 Å². The third kappa shape index (κ3) is 2.58. The van der Waals surface area contributed by atoms with Gasteiger partial charge < -0.3 is 14.0 Å². The molecule has 1 unspecified atom stereocenters. The average Bonchev–Trinajstić information content (AvgIpc) is 3.13. The first-order chi connectivity index (χ1) is 10.7. The third-order valence-corrected chi connectivity index (χ3v) is 4.01. The highest BCUT2D eigenvalue weighted by atomic mass is 16.5. The number of fused-ring (bicyclic) bond motifs is 1. The molecule has 2 aliphatic rings. The molecule has 5 nitrogen and oxygen atoms in total. The van der Waals surface area contributed by atoms with Crippen LogP contribution in [0.2, 0.25) is 0 Å². The number of hydrogen-bond acceptors (Lipinski definition) is 5. The van der Waals surface area contributed by atoms with Gasteiger partial charge >= 0.3 is 5.97 Å². The molecule has 1 aliphatic heterocycles. The van der Waals surface area contributed by atoms with E-state index in [1.165, 1.54) is 5.56 Å². The Morgan fingerprint density at radius 3 is 3.05 bits per heavy atom. The second-order valence-corrected chi connectivity index (χ2v) is 6.02. The molecule has 2 heterocycles. The van der Waals surface area contributed by atoms with Crippen LogP contribution in [0, 0.1) is 5.92 Å². The first-order valence-corrected chi connectivity index (χ1v) is 7.61. The molecule has 114 valence electrons. The number of hydrogen-bond donors (Lipinski definition) is 0. The number of carbonyl (C=O) groups excluding carboxylic acids is 1. The second-order valence-electron chi connectivity index (χ2n) is 6.02. The summed E-state index contributed by atoms with van der Waals surface area (Å²) < 4.78 is 16.3. The van der Waals surface area contributed by atoms with E-state index in [2.05, 4.69) is 18.1 Å². The Hall–Kier alpha value is -2.30. The molecule has 0 bridgehead atoms. The molecule has 0 spiro atoms. The topological polar surface area (TPSA) is 61.6 Å². The predicted octanol–water partition coefficient (Wildman–Crippen LogP) is 3.12. The van der Waals surface area contributed by atoms with Gasteiger partial charge in [-0.15, -0.1) is 0 Å². The van der Waals surface area contributed by atoms with Gasteiger partial charge in [-0.1, -0.05) is 5.16 Å². The van der Waals surface area contributed by atoms with Crippen molar-refractivity contribution in [1.29, 1.82) is 0 Å². The summed E-state index contributed by atoms with van der Waals surface area (Å²) in [5.74, 6) is 1.59. The number of ether oxygens (including phenoxy) is 2. The van der Waals surface area contributed by atoms with Gasteiger partial charge in [0.1, 0.15) is 24.2 Å². The highest BCUT2D eigenvalue weighted by molar-refractivity contribution is 5.74. The van der Waals surface area contributed by atoms with Gasteiger partial charge in [0, 0.05) is 18.1 Å². The van der Waals surface area contributed by atoms with E-state index in [9.17, 15) is 4.79 Å². The summed E-state index contributed by atoms with van der Waals surface area (Å²) >= 11 is 0.